The zero-order valence-corrected chi connectivity index (χ0v) is 12.8. The molecule has 0 aliphatic carbocycles. The molecule has 0 atom stereocenters. The Morgan fingerprint density at radius 3 is 2.50 bits per heavy atom. The number of hydrogen-bond acceptors (Lipinski definition) is 5. The summed E-state index contributed by atoms with van der Waals surface area (Å²) >= 11 is -0.373. The lowest BCUT2D eigenvalue weighted by atomic mass is 10.1. The van der Waals surface area contributed by atoms with E-state index in [0.717, 1.165) is 0 Å². The Labute approximate surface area is 130 Å². The van der Waals surface area contributed by atoms with Gasteiger partial charge in [-0.25, -0.2) is 4.79 Å². The number of carbonyl (C=O) groups is 2. The first-order valence-electron chi connectivity index (χ1n) is 6.39. The highest BCUT2D eigenvalue weighted by Crippen LogP contribution is 2.39. The van der Waals surface area contributed by atoms with Crippen LogP contribution in [0, 0.1) is 0 Å². The Bertz CT molecular complexity index is 543. The van der Waals surface area contributed by atoms with Crippen molar-refractivity contribution in [3.8, 4) is 0 Å². The summed E-state index contributed by atoms with van der Waals surface area (Å²) in [6.07, 6.45) is 0.334. The fourth-order valence-corrected chi connectivity index (χ4v) is 2.30. The van der Waals surface area contributed by atoms with Crippen LogP contribution in [-0.4, -0.2) is 31.2 Å². The Balaban J connectivity index is 3.03. The fraction of sp³-hybridized carbons (Fsp3) is 0.429. The fourth-order valence-electron chi connectivity index (χ4n) is 1.66. The van der Waals surface area contributed by atoms with Crippen molar-refractivity contribution in [2.75, 3.05) is 13.7 Å². The van der Waals surface area contributed by atoms with Crippen LogP contribution in [0.5, 0.6) is 0 Å². The average molecular weight is 336 g/mol. The van der Waals surface area contributed by atoms with E-state index < -0.39 is 17.4 Å². The Hall–Kier alpha value is -1.70. The summed E-state index contributed by atoms with van der Waals surface area (Å²) in [7, 11) is 1.25. The van der Waals surface area contributed by atoms with E-state index in [2.05, 4.69) is 4.74 Å². The van der Waals surface area contributed by atoms with Crippen LogP contribution in [0.3, 0.4) is 0 Å². The van der Waals surface area contributed by atoms with Crippen molar-refractivity contribution < 1.29 is 32.2 Å². The molecular formula is C14H15F3O4S. The van der Waals surface area contributed by atoms with Crippen molar-refractivity contribution in [2.45, 2.75) is 30.2 Å². The first-order valence-corrected chi connectivity index (χ1v) is 7.21. The molecule has 0 radical (unpaired) electrons. The molecular weight excluding hydrogens is 321 g/mol. The van der Waals surface area contributed by atoms with Gasteiger partial charge in [0, 0.05) is 11.3 Å². The second-order valence-corrected chi connectivity index (χ2v) is 5.28. The zero-order chi connectivity index (χ0) is 16.8. The smallest absolute Gasteiger partial charge is 0.446 e. The standard InChI is InChI=1S/C14H15F3O4S/c1-3-21-13(19)10-8-9(5-7-12(18)20-2)4-6-11(10)22-14(15,16)17/h4,6,8H,3,5,7H2,1-2H3. The van der Waals surface area contributed by atoms with Crippen molar-refractivity contribution in [3.63, 3.8) is 0 Å². The number of methoxy groups -OCH3 is 1. The minimum absolute atomic E-state index is 0.0569. The van der Waals surface area contributed by atoms with Gasteiger partial charge in [-0.1, -0.05) is 6.07 Å². The highest BCUT2D eigenvalue weighted by atomic mass is 32.2. The second-order valence-electron chi connectivity index (χ2n) is 4.17. The van der Waals surface area contributed by atoms with Crippen LogP contribution in [-0.2, 0) is 20.7 Å². The number of hydrogen-bond donors (Lipinski definition) is 0. The number of carbonyl (C=O) groups excluding carboxylic acids is 2. The Morgan fingerprint density at radius 1 is 1.27 bits per heavy atom. The first kappa shape index (κ1) is 18.3. The normalized spacial score (nSPS) is 11.1. The zero-order valence-electron chi connectivity index (χ0n) is 12.0. The number of rotatable bonds is 6. The molecule has 122 valence electrons. The number of benzene rings is 1. The molecule has 0 unspecified atom stereocenters. The number of aryl methyl sites for hydroxylation is 1. The Kier molecular flexibility index (Phi) is 6.73. The molecule has 0 fully saturated rings. The van der Waals surface area contributed by atoms with Crippen molar-refractivity contribution in [3.05, 3.63) is 29.3 Å². The highest BCUT2D eigenvalue weighted by molar-refractivity contribution is 8.00. The number of esters is 2. The first-order chi connectivity index (χ1) is 10.3. The van der Waals surface area contributed by atoms with Crippen LogP contribution in [0.2, 0.25) is 0 Å². The predicted molar refractivity (Wildman–Crippen MR) is 74.6 cm³/mol. The van der Waals surface area contributed by atoms with E-state index in [0.29, 0.717) is 5.56 Å². The van der Waals surface area contributed by atoms with Gasteiger partial charge >= 0.3 is 17.4 Å². The maximum atomic E-state index is 12.5. The largest absolute Gasteiger partial charge is 0.469 e. The van der Waals surface area contributed by atoms with Gasteiger partial charge in [0.05, 0.1) is 19.3 Å². The maximum Gasteiger partial charge on any atom is 0.446 e. The van der Waals surface area contributed by atoms with Crippen molar-refractivity contribution in [1.29, 1.82) is 0 Å². The van der Waals surface area contributed by atoms with Gasteiger partial charge in [0.25, 0.3) is 0 Å². The number of halogens is 3. The number of ether oxygens (including phenoxy) is 2. The topological polar surface area (TPSA) is 52.6 Å². The Morgan fingerprint density at radius 2 is 1.95 bits per heavy atom. The molecule has 22 heavy (non-hydrogen) atoms. The van der Waals surface area contributed by atoms with Crippen LogP contribution < -0.4 is 0 Å². The van der Waals surface area contributed by atoms with Crippen LogP contribution in [0.4, 0.5) is 13.2 Å². The average Bonchev–Trinajstić information content (AvgIpc) is 2.44. The SMILES string of the molecule is CCOC(=O)c1cc(CCC(=O)OC)ccc1SC(F)(F)F. The molecule has 0 aromatic heterocycles. The molecule has 0 saturated carbocycles. The summed E-state index contributed by atoms with van der Waals surface area (Å²) in [5.41, 5.74) is -4.11. The minimum atomic E-state index is -4.51. The number of alkyl halides is 3. The van der Waals surface area contributed by atoms with Crippen molar-refractivity contribution in [1.82, 2.24) is 0 Å². The molecule has 0 spiro atoms. The molecule has 0 aliphatic heterocycles. The molecule has 0 N–H and O–H groups in total. The van der Waals surface area contributed by atoms with Gasteiger partial charge in [0.15, 0.2) is 0 Å². The third kappa shape index (κ3) is 5.97. The van der Waals surface area contributed by atoms with Crippen molar-refractivity contribution in [2.24, 2.45) is 0 Å². The summed E-state index contributed by atoms with van der Waals surface area (Å²) < 4.78 is 46.8. The van der Waals surface area contributed by atoms with E-state index >= 15 is 0 Å². The van der Waals surface area contributed by atoms with Gasteiger partial charge < -0.3 is 9.47 Å². The lowest BCUT2D eigenvalue weighted by Gasteiger charge is -2.12. The van der Waals surface area contributed by atoms with Crippen molar-refractivity contribution >= 4 is 23.7 Å². The summed E-state index contributed by atoms with van der Waals surface area (Å²) in [5, 5.41) is 0. The van der Waals surface area contributed by atoms with Gasteiger partial charge in [-0.3, -0.25) is 4.79 Å². The second kappa shape index (κ2) is 8.07. The number of thioether (sulfide) groups is 1. The van der Waals surface area contributed by atoms with Crippen LogP contribution >= 0.6 is 11.8 Å². The molecule has 0 bridgehead atoms. The van der Waals surface area contributed by atoms with E-state index in [-0.39, 0.29) is 41.7 Å². The van der Waals surface area contributed by atoms with Crippen LogP contribution in [0.1, 0.15) is 29.3 Å². The third-order valence-electron chi connectivity index (χ3n) is 2.61. The van der Waals surface area contributed by atoms with E-state index in [1.165, 1.54) is 25.3 Å². The summed E-state index contributed by atoms with van der Waals surface area (Å²) in [4.78, 5) is 22.7. The molecule has 0 amide bonds. The van der Waals surface area contributed by atoms with Gasteiger partial charge in [-0.15, -0.1) is 0 Å². The van der Waals surface area contributed by atoms with Gasteiger partial charge in [-0.05, 0) is 42.8 Å². The summed E-state index contributed by atoms with van der Waals surface area (Å²) in [5.74, 6) is -1.26. The van der Waals surface area contributed by atoms with Crippen LogP contribution in [0.25, 0.3) is 0 Å². The highest BCUT2D eigenvalue weighted by Gasteiger charge is 2.31. The van der Waals surface area contributed by atoms with E-state index in [4.69, 9.17) is 4.74 Å². The molecule has 1 rings (SSSR count). The molecule has 0 saturated heterocycles. The lowest BCUT2D eigenvalue weighted by Crippen LogP contribution is -2.10. The summed E-state index contributed by atoms with van der Waals surface area (Å²) in [6.45, 7) is 1.62. The molecule has 4 nitrogen and oxygen atoms in total. The monoisotopic (exact) mass is 336 g/mol. The van der Waals surface area contributed by atoms with Crippen LogP contribution in [0.15, 0.2) is 23.1 Å². The lowest BCUT2D eigenvalue weighted by molar-refractivity contribution is -0.140. The summed E-state index contributed by atoms with van der Waals surface area (Å²) in [6, 6.07) is 3.96. The molecule has 0 heterocycles. The molecule has 0 aliphatic rings. The van der Waals surface area contributed by atoms with E-state index in [1.807, 2.05) is 0 Å². The molecule has 1 aromatic rings. The predicted octanol–water partition coefficient (Wildman–Crippen LogP) is 3.58. The quantitative estimate of drug-likeness (QED) is 0.587. The van der Waals surface area contributed by atoms with Gasteiger partial charge in [0.2, 0.25) is 0 Å². The third-order valence-corrected chi connectivity index (χ3v) is 3.42. The van der Waals surface area contributed by atoms with Gasteiger partial charge in [0.1, 0.15) is 0 Å². The maximum absolute atomic E-state index is 12.5. The molecule has 1 aromatic carbocycles. The molecule has 8 heteroatoms. The van der Waals surface area contributed by atoms with E-state index in [1.54, 1.807) is 6.92 Å². The minimum Gasteiger partial charge on any atom is -0.469 e. The van der Waals surface area contributed by atoms with Gasteiger partial charge in [-0.2, -0.15) is 13.2 Å². The van der Waals surface area contributed by atoms with E-state index in [9.17, 15) is 22.8 Å².